The van der Waals surface area contributed by atoms with Crippen LogP contribution < -0.4 is 0 Å². The van der Waals surface area contributed by atoms with Gasteiger partial charge in [-0.1, -0.05) is 15.9 Å². The zero-order valence-electron chi connectivity index (χ0n) is 12.5. The van der Waals surface area contributed by atoms with Crippen molar-refractivity contribution in [3.8, 4) is 0 Å². The lowest BCUT2D eigenvalue weighted by molar-refractivity contribution is -0.229. The molecule has 8 bridgehead atoms. The van der Waals surface area contributed by atoms with Gasteiger partial charge in [-0.05, 0) is 111 Å². The second-order valence-electron chi connectivity index (χ2n) is 9.80. The molecular weight excluding hydrogens is 308 g/mol. The lowest BCUT2D eigenvalue weighted by atomic mass is 9.32. The largest absolute Gasteiger partial charge is 0.0853 e. The highest BCUT2D eigenvalue weighted by atomic mass is 79.9. The maximum absolute atomic E-state index is 4.21. The molecule has 110 valence electrons. The van der Waals surface area contributed by atoms with E-state index in [1.807, 2.05) is 0 Å². The monoisotopic (exact) mass is 334 g/mol. The first-order valence-corrected chi connectivity index (χ1v) is 10.1. The molecule has 0 N–H and O–H groups in total. The van der Waals surface area contributed by atoms with Gasteiger partial charge in [0.25, 0.3) is 0 Å². The Bertz CT molecular complexity index is 420. The average Bonchev–Trinajstić information content (AvgIpc) is 2.34. The molecule has 0 saturated heterocycles. The van der Waals surface area contributed by atoms with Crippen molar-refractivity contribution in [2.24, 2.45) is 46.8 Å². The van der Waals surface area contributed by atoms with Crippen LogP contribution in [0.1, 0.15) is 64.2 Å². The summed E-state index contributed by atoms with van der Waals surface area (Å²) in [7, 11) is 0. The van der Waals surface area contributed by atoms with Gasteiger partial charge in [0.2, 0.25) is 0 Å². The minimum atomic E-state index is 0.587. The summed E-state index contributed by atoms with van der Waals surface area (Å²) in [4.78, 5) is 0. The molecular formula is C19H27Br. The van der Waals surface area contributed by atoms with Gasteiger partial charge in [-0.3, -0.25) is 0 Å². The molecule has 2 atom stereocenters. The van der Waals surface area contributed by atoms with Crippen LogP contribution in [0.25, 0.3) is 0 Å². The first kappa shape index (κ1) is 12.0. The average molecular weight is 335 g/mol. The molecule has 1 heteroatoms. The van der Waals surface area contributed by atoms with Crippen molar-refractivity contribution in [1.82, 2.24) is 0 Å². The number of halogens is 1. The maximum Gasteiger partial charge on any atom is 0.0266 e. The molecule has 0 amide bonds. The van der Waals surface area contributed by atoms with Crippen LogP contribution in [0.2, 0.25) is 0 Å². The Morgan fingerprint density at radius 2 is 1.05 bits per heavy atom. The van der Waals surface area contributed by atoms with Gasteiger partial charge in [-0.2, -0.15) is 0 Å². The van der Waals surface area contributed by atoms with Gasteiger partial charge in [-0.25, -0.2) is 0 Å². The van der Waals surface area contributed by atoms with E-state index in [1.165, 1.54) is 6.42 Å². The molecule has 8 aliphatic carbocycles. The Morgan fingerprint density at radius 1 is 0.550 bits per heavy atom. The fourth-order valence-electron chi connectivity index (χ4n) is 9.31. The number of hydrogen-bond donors (Lipinski definition) is 0. The number of hydrogen-bond acceptors (Lipinski definition) is 0. The first-order valence-electron chi connectivity index (χ1n) is 9.34. The number of alkyl halides is 1. The molecule has 0 aliphatic heterocycles. The summed E-state index contributed by atoms with van der Waals surface area (Å²) in [5, 5.41) is 0. The standard InChI is InChI=1S/C19H27Br/c20-18-8-13-6-16(9-18)19(17(7-13)10-18)14-2-11-1-12(4-14)5-15(19)3-11/h11-17H,1-10H2. The second-order valence-corrected chi connectivity index (χ2v) is 11.5. The van der Waals surface area contributed by atoms with Crippen LogP contribution in [-0.2, 0) is 0 Å². The maximum atomic E-state index is 4.21. The summed E-state index contributed by atoms with van der Waals surface area (Å²) >= 11 is 4.21. The lowest BCUT2D eigenvalue weighted by Crippen LogP contribution is -2.67. The van der Waals surface area contributed by atoms with E-state index in [-0.39, 0.29) is 0 Å². The smallest absolute Gasteiger partial charge is 0.0266 e. The highest BCUT2D eigenvalue weighted by molar-refractivity contribution is 9.10. The quantitative estimate of drug-likeness (QED) is 0.520. The summed E-state index contributed by atoms with van der Waals surface area (Å²) < 4.78 is 0.587. The van der Waals surface area contributed by atoms with Crippen molar-refractivity contribution in [1.29, 1.82) is 0 Å². The van der Waals surface area contributed by atoms with Gasteiger partial charge in [0, 0.05) is 4.32 Å². The van der Waals surface area contributed by atoms with E-state index in [4.69, 9.17) is 0 Å². The fraction of sp³-hybridized carbons (Fsp3) is 1.00. The van der Waals surface area contributed by atoms with Crippen LogP contribution in [0.3, 0.4) is 0 Å². The highest BCUT2D eigenvalue weighted by Crippen LogP contribution is 2.76. The van der Waals surface area contributed by atoms with Crippen molar-refractivity contribution in [2.45, 2.75) is 68.5 Å². The van der Waals surface area contributed by atoms with Gasteiger partial charge in [0.1, 0.15) is 0 Å². The van der Waals surface area contributed by atoms with E-state index in [0.717, 1.165) is 46.8 Å². The molecule has 0 aromatic heterocycles. The van der Waals surface area contributed by atoms with Crippen LogP contribution in [0, 0.1) is 46.8 Å². The molecule has 20 heavy (non-hydrogen) atoms. The minimum Gasteiger partial charge on any atom is -0.0853 e. The van der Waals surface area contributed by atoms with Crippen molar-refractivity contribution in [3.63, 3.8) is 0 Å². The van der Waals surface area contributed by atoms with Gasteiger partial charge in [0.15, 0.2) is 0 Å². The zero-order chi connectivity index (χ0) is 13.1. The third-order valence-electron chi connectivity index (χ3n) is 9.08. The Kier molecular flexibility index (Phi) is 2.11. The summed E-state index contributed by atoms with van der Waals surface area (Å²) in [5.74, 6) is 7.94. The van der Waals surface area contributed by atoms with Crippen molar-refractivity contribution in [2.75, 3.05) is 0 Å². The Balaban J connectivity index is 1.48. The number of rotatable bonds is 0. The topological polar surface area (TPSA) is 0 Å². The Labute approximate surface area is 131 Å². The molecule has 8 rings (SSSR count). The van der Waals surface area contributed by atoms with E-state index in [0.29, 0.717) is 4.32 Å². The van der Waals surface area contributed by atoms with Crippen molar-refractivity contribution in [3.05, 3.63) is 0 Å². The molecule has 1 spiro atoms. The van der Waals surface area contributed by atoms with Crippen LogP contribution >= 0.6 is 15.9 Å². The van der Waals surface area contributed by atoms with Crippen LogP contribution in [0.4, 0.5) is 0 Å². The normalized spacial score (nSPS) is 69.2. The summed E-state index contributed by atoms with van der Waals surface area (Å²) in [6, 6.07) is 0. The van der Waals surface area contributed by atoms with Gasteiger partial charge < -0.3 is 0 Å². The SMILES string of the molecule is BrC12CC3CC(C1)C1(C4CC5CC(C4)CC1C5)C(C3)C2. The molecule has 0 heterocycles. The van der Waals surface area contributed by atoms with E-state index < -0.39 is 0 Å². The van der Waals surface area contributed by atoms with E-state index in [9.17, 15) is 0 Å². The third kappa shape index (κ3) is 1.24. The second kappa shape index (κ2) is 3.52. The first-order chi connectivity index (χ1) is 9.66. The summed E-state index contributed by atoms with van der Waals surface area (Å²) in [5.41, 5.74) is 0.849. The molecule has 0 aromatic carbocycles. The Morgan fingerprint density at radius 3 is 1.55 bits per heavy atom. The lowest BCUT2D eigenvalue weighted by Gasteiger charge is -2.74. The van der Waals surface area contributed by atoms with E-state index >= 15 is 0 Å². The molecule has 8 aliphatic rings. The third-order valence-corrected chi connectivity index (χ3v) is 10.1. The molecule has 0 nitrogen and oxygen atoms in total. The fourth-order valence-corrected chi connectivity index (χ4v) is 10.6. The molecule has 0 radical (unpaired) electrons. The highest BCUT2D eigenvalue weighted by Gasteiger charge is 2.69. The van der Waals surface area contributed by atoms with Crippen molar-refractivity contribution >= 4 is 15.9 Å². The molecule has 2 unspecified atom stereocenters. The Hall–Kier alpha value is 0.480. The zero-order valence-corrected chi connectivity index (χ0v) is 14.1. The van der Waals surface area contributed by atoms with Crippen LogP contribution in [-0.4, -0.2) is 4.32 Å². The predicted molar refractivity (Wildman–Crippen MR) is 84.7 cm³/mol. The van der Waals surface area contributed by atoms with Gasteiger partial charge in [0.05, 0.1) is 0 Å². The van der Waals surface area contributed by atoms with E-state index in [2.05, 4.69) is 15.9 Å². The van der Waals surface area contributed by atoms with Crippen molar-refractivity contribution < 1.29 is 0 Å². The molecule has 8 saturated carbocycles. The summed E-state index contributed by atoms with van der Waals surface area (Å²) in [6.45, 7) is 0. The minimum absolute atomic E-state index is 0.587. The van der Waals surface area contributed by atoms with E-state index in [1.54, 1.807) is 57.8 Å². The summed E-state index contributed by atoms with van der Waals surface area (Å²) in [6.07, 6.45) is 16.0. The predicted octanol–water partition coefficient (Wildman–Crippen LogP) is 5.40. The molecule has 0 aromatic rings. The molecule has 8 fully saturated rings. The van der Waals surface area contributed by atoms with Crippen LogP contribution in [0.5, 0.6) is 0 Å². The van der Waals surface area contributed by atoms with Gasteiger partial charge >= 0.3 is 0 Å². The van der Waals surface area contributed by atoms with Crippen LogP contribution in [0.15, 0.2) is 0 Å². The van der Waals surface area contributed by atoms with Gasteiger partial charge in [-0.15, -0.1) is 0 Å².